The van der Waals surface area contributed by atoms with E-state index in [4.69, 9.17) is 11.6 Å². The summed E-state index contributed by atoms with van der Waals surface area (Å²) in [6.07, 6.45) is 2.05. The van der Waals surface area contributed by atoms with Gasteiger partial charge >= 0.3 is 0 Å². The van der Waals surface area contributed by atoms with Crippen LogP contribution in [0.1, 0.15) is 18.9 Å². The van der Waals surface area contributed by atoms with Gasteiger partial charge in [0.05, 0.1) is 6.21 Å². The van der Waals surface area contributed by atoms with Gasteiger partial charge in [0.1, 0.15) is 11.9 Å². The molecule has 1 atom stereocenters. The molecule has 0 bridgehead atoms. The maximum absolute atomic E-state index is 12.8. The van der Waals surface area contributed by atoms with E-state index in [0.717, 1.165) is 5.69 Å². The van der Waals surface area contributed by atoms with Gasteiger partial charge in [-0.1, -0.05) is 36.7 Å². The molecule has 0 saturated carbocycles. The Morgan fingerprint density at radius 3 is 2.70 bits per heavy atom. The van der Waals surface area contributed by atoms with E-state index in [1.165, 1.54) is 18.3 Å². The summed E-state index contributed by atoms with van der Waals surface area (Å²) in [5, 5.41) is 7.59. The van der Waals surface area contributed by atoms with E-state index in [9.17, 15) is 9.18 Å². The molecule has 1 unspecified atom stereocenters. The standard InChI is InChI=1S/C17H17ClFN3O/c1-2-16(21-15-5-3-4-13(18)10-15)17(23)22-20-11-12-6-8-14(19)9-7-12/h3-11,16,21H,2H2,1H3,(H,22,23)/b20-11+. The van der Waals surface area contributed by atoms with Crippen molar-refractivity contribution >= 4 is 29.4 Å². The van der Waals surface area contributed by atoms with Crippen molar-refractivity contribution < 1.29 is 9.18 Å². The molecule has 23 heavy (non-hydrogen) atoms. The Hall–Kier alpha value is -2.40. The van der Waals surface area contributed by atoms with E-state index < -0.39 is 6.04 Å². The summed E-state index contributed by atoms with van der Waals surface area (Å²) in [4.78, 5) is 12.1. The second-order valence-electron chi connectivity index (χ2n) is 4.90. The molecule has 1 amide bonds. The minimum absolute atomic E-state index is 0.258. The number of hydrogen-bond donors (Lipinski definition) is 2. The summed E-state index contributed by atoms with van der Waals surface area (Å²) in [5.41, 5.74) is 3.94. The number of nitrogens with zero attached hydrogens (tertiary/aromatic N) is 1. The van der Waals surface area contributed by atoms with Gasteiger partial charge in [0.25, 0.3) is 5.91 Å². The molecular weight excluding hydrogens is 317 g/mol. The van der Waals surface area contributed by atoms with E-state index >= 15 is 0 Å². The molecule has 4 nitrogen and oxygen atoms in total. The van der Waals surface area contributed by atoms with Gasteiger partial charge in [-0.2, -0.15) is 5.10 Å². The normalized spacial score (nSPS) is 12.1. The van der Waals surface area contributed by atoms with Crippen molar-refractivity contribution in [1.29, 1.82) is 0 Å². The van der Waals surface area contributed by atoms with E-state index in [0.29, 0.717) is 17.0 Å². The number of hydrazone groups is 1. The zero-order chi connectivity index (χ0) is 16.7. The molecular formula is C17H17ClFN3O. The maximum atomic E-state index is 12.8. The van der Waals surface area contributed by atoms with Gasteiger partial charge in [-0.25, -0.2) is 9.82 Å². The minimum atomic E-state index is -0.432. The molecule has 0 aliphatic rings. The van der Waals surface area contributed by atoms with Crippen LogP contribution in [0.3, 0.4) is 0 Å². The number of carbonyl (C=O) groups is 1. The molecule has 2 aromatic carbocycles. The number of anilines is 1. The highest BCUT2D eigenvalue weighted by Gasteiger charge is 2.15. The first-order valence-electron chi connectivity index (χ1n) is 7.19. The lowest BCUT2D eigenvalue weighted by atomic mass is 10.2. The maximum Gasteiger partial charge on any atom is 0.262 e. The molecule has 0 spiro atoms. The molecule has 0 aromatic heterocycles. The van der Waals surface area contributed by atoms with Gasteiger partial charge in [-0.15, -0.1) is 0 Å². The van der Waals surface area contributed by atoms with Crippen LogP contribution in [0.4, 0.5) is 10.1 Å². The zero-order valence-corrected chi connectivity index (χ0v) is 13.3. The molecule has 120 valence electrons. The van der Waals surface area contributed by atoms with Crippen LogP contribution in [-0.2, 0) is 4.79 Å². The van der Waals surface area contributed by atoms with E-state index in [1.54, 1.807) is 24.3 Å². The Bertz CT molecular complexity index is 688. The first kappa shape index (κ1) is 17.0. The predicted octanol–water partition coefficient (Wildman–Crippen LogP) is 3.82. The van der Waals surface area contributed by atoms with Gasteiger partial charge in [-0.05, 0) is 42.3 Å². The Labute approximate surface area is 139 Å². The average molecular weight is 334 g/mol. The molecule has 0 aliphatic heterocycles. The van der Waals surface area contributed by atoms with Crippen LogP contribution in [0.15, 0.2) is 53.6 Å². The summed E-state index contributed by atoms with van der Waals surface area (Å²) < 4.78 is 12.8. The molecule has 2 rings (SSSR count). The SMILES string of the molecule is CCC(Nc1cccc(Cl)c1)C(=O)N/N=C/c1ccc(F)cc1. The number of rotatable bonds is 6. The molecule has 2 N–H and O–H groups in total. The van der Waals surface area contributed by atoms with Crippen molar-refractivity contribution in [1.82, 2.24) is 5.43 Å². The highest BCUT2D eigenvalue weighted by molar-refractivity contribution is 6.30. The average Bonchev–Trinajstić information content (AvgIpc) is 2.54. The van der Waals surface area contributed by atoms with Crippen LogP contribution < -0.4 is 10.7 Å². The number of benzene rings is 2. The number of amides is 1. The second-order valence-corrected chi connectivity index (χ2v) is 5.34. The lowest BCUT2D eigenvalue weighted by molar-refractivity contribution is -0.121. The lowest BCUT2D eigenvalue weighted by Gasteiger charge is -2.16. The number of halogens is 2. The van der Waals surface area contributed by atoms with Gasteiger partial charge in [-0.3, -0.25) is 4.79 Å². The summed E-state index contributed by atoms with van der Waals surface area (Å²) in [6.45, 7) is 1.89. The first-order chi connectivity index (χ1) is 11.1. The van der Waals surface area contributed by atoms with Gasteiger partial charge in [0.2, 0.25) is 0 Å². The largest absolute Gasteiger partial charge is 0.374 e. The van der Waals surface area contributed by atoms with E-state index in [-0.39, 0.29) is 11.7 Å². The van der Waals surface area contributed by atoms with Crippen molar-refractivity contribution in [3.8, 4) is 0 Å². The van der Waals surface area contributed by atoms with Crippen LogP contribution in [0.5, 0.6) is 0 Å². The topological polar surface area (TPSA) is 53.5 Å². The van der Waals surface area contributed by atoms with E-state index in [1.807, 2.05) is 19.1 Å². The molecule has 6 heteroatoms. The fraction of sp³-hybridized carbons (Fsp3) is 0.176. The highest BCUT2D eigenvalue weighted by Crippen LogP contribution is 2.16. The second kappa shape index (κ2) is 8.29. The van der Waals surface area contributed by atoms with Crippen LogP contribution in [0.25, 0.3) is 0 Å². The van der Waals surface area contributed by atoms with Gasteiger partial charge < -0.3 is 5.32 Å². The van der Waals surface area contributed by atoms with E-state index in [2.05, 4.69) is 15.8 Å². The van der Waals surface area contributed by atoms with Crippen molar-refractivity contribution in [3.63, 3.8) is 0 Å². The fourth-order valence-corrected chi connectivity index (χ4v) is 2.12. The first-order valence-corrected chi connectivity index (χ1v) is 7.57. The summed E-state index contributed by atoms with van der Waals surface area (Å²) in [5.74, 6) is -0.575. The minimum Gasteiger partial charge on any atom is -0.374 e. The van der Waals surface area contributed by atoms with Crippen LogP contribution in [-0.4, -0.2) is 18.2 Å². The third-order valence-electron chi connectivity index (χ3n) is 3.15. The summed E-state index contributed by atoms with van der Waals surface area (Å²) in [6, 6.07) is 12.5. The summed E-state index contributed by atoms with van der Waals surface area (Å²) >= 11 is 5.92. The molecule has 0 radical (unpaired) electrons. The Morgan fingerprint density at radius 1 is 1.30 bits per heavy atom. The third-order valence-corrected chi connectivity index (χ3v) is 3.38. The van der Waals surface area contributed by atoms with Crippen LogP contribution >= 0.6 is 11.6 Å². The summed E-state index contributed by atoms with van der Waals surface area (Å²) in [7, 11) is 0. The van der Waals surface area contributed by atoms with Crippen LogP contribution in [0.2, 0.25) is 5.02 Å². The molecule has 0 aliphatic carbocycles. The zero-order valence-electron chi connectivity index (χ0n) is 12.6. The van der Waals surface area contributed by atoms with Crippen molar-refractivity contribution in [2.24, 2.45) is 5.10 Å². The van der Waals surface area contributed by atoms with Crippen molar-refractivity contribution in [3.05, 3.63) is 64.9 Å². The van der Waals surface area contributed by atoms with Crippen molar-refractivity contribution in [2.75, 3.05) is 5.32 Å². The van der Waals surface area contributed by atoms with Gasteiger partial charge in [0, 0.05) is 10.7 Å². The number of hydrogen-bond acceptors (Lipinski definition) is 3. The smallest absolute Gasteiger partial charge is 0.262 e. The van der Waals surface area contributed by atoms with Crippen LogP contribution in [0, 0.1) is 5.82 Å². The Morgan fingerprint density at radius 2 is 2.04 bits per heavy atom. The monoisotopic (exact) mass is 333 g/mol. The number of carbonyl (C=O) groups excluding carboxylic acids is 1. The lowest BCUT2D eigenvalue weighted by Crippen LogP contribution is -2.36. The molecule has 0 fully saturated rings. The fourth-order valence-electron chi connectivity index (χ4n) is 1.93. The molecule has 2 aromatic rings. The quantitative estimate of drug-likeness (QED) is 0.623. The Kier molecular flexibility index (Phi) is 6.11. The molecule has 0 saturated heterocycles. The Balaban J connectivity index is 1.93. The van der Waals surface area contributed by atoms with Crippen molar-refractivity contribution in [2.45, 2.75) is 19.4 Å². The molecule has 0 heterocycles. The highest BCUT2D eigenvalue weighted by atomic mass is 35.5. The van der Waals surface area contributed by atoms with Gasteiger partial charge in [0.15, 0.2) is 0 Å². The predicted molar refractivity (Wildman–Crippen MR) is 91.3 cm³/mol. The number of nitrogens with one attached hydrogen (secondary N) is 2. The third kappa shape index (κ3) is 5.38.